The van der Waals surface area contributed by atoms with Gasteiger partial charge in [0.15, 0.2) is 0 Å². The van der Waals surface area contributed by atoms with Gasteiger partial charge in [0, 0.05) is 19.2 Å². The SMILES string of the molecule is COc1ccc(S(=O)(=O)N2CCC[C@H](C(=O)Nc3ccc(F)cc3F)C2)cc1. The van der Waals surface area contributed by atoms with Crippen LogP contribution in [0.15, 0.2) is 47.4 Å². The Morgan fingerprint density at radius 1 is 1.18 bits per heavy atom. The molecular formula is C19H20F2N2O4S. The van der Waals surface area contributed by atoms with E-state index < -0.39 is 33.5 Å². The number of rotatable bonds is 5. The Morgan fingerprint density at radius 2 is 1.89 bits per heavy atom. The Balaban J connectivity index is 1.72. The summed E-state index contributed by atoms with van der Waals surface area (Å²) in [5.74, 6) is -2.22. The number of methoxy groups -OCH3 is 1. The molecule has 1 amide bonds. The molecule has 0 radical (unpaired) electrons. The third kappa shape index (κ3) is 4.31. The molecule has 2 aromatic rings. The quantitative estimate of drug-likeness (QED) is 0.822. The lowest BCUT2D eigenvalue weighted by Gasteiger charge is -2.31. The van der Waals surface area contributed by atoms with Crippen LogP contribution in [-0.2, 0) is 14.8 Å². The molecule has 1 aliphatic rings. The largest absolute Gasteiger partial charge is 0.497 e. The summed E-state index contributed by atoms with van der Waals surface area (Å²) in [5, 5.41) is 2.42. The van der Waals surface area contributed by atoms with E-state index >= 15 is 0 Å². The lowest BCUT2D eigenvalue weighted by Crippen LogP contribution is -2.43. The lowest BCUT2D eigenvalue weighted by atomic mass is 9.98. The Kier molecular flexibility index (Phi) is 5.95. The van der Waals surface area contributed by atoms with Crippen LogP contribution in [0.2, 0.25) is 0 Å². The molecule has 6 nitrogen and oxygen atoms in total. The van der Waals surface area contributed by atoms with Gasteiger partial charge < -0.3 is 10.1 Å². The fourth-order valence-corrected chi connectivity index (χ4v) is 4.62. The van der Waals surface area contributed by atoms with Crippen molar-refractivity contribution >= 4 is 21.6 Å². The van der Waals surface area contributed by atoms with Crippen molar-refractivity contribution in [3.05, 3.63) is 54.1 Å². The highest BCUT2D eigenvalue weighted by Crippen LogP contribution is 2.26. The number of nitrogens with zero attached hydrogens (tertiary/aromatic N) is 1. The van der Waals surface area contributed by atoms with Crippen molar-refractivity contribution in [3.63, 3.8) is 0 Å². The molecule has 0 saturated carbocycles. The number of amides is 1. The van der Waals surface area contributed by atoms with Crippen molar-refractivity contribution in [2.75, 3.05) is 25.5 Å². The van der Waals surface area contributed by atoms with Crippen molar-refractivity contribution in [2.45, 2.75) is 17.7 Å². The van der Waals surface area contributed by atoms with Crippen LogP contribution in [-0.4, -0.2) is 38.8 Å². The first-order valence-electron chi connectivity index (χ1n) is 8.71. The van der Waals surface area contributed by atoms with E-state index in [1.807, 2.05) is 0 Å². The van der Waals surface area contributed by atoms with Gasteiger partial charge in [-0.15, -0.1) is 0 Å². The summed E-state index contributed by atoms with van der Waals surface area (Å²) < 4.78 is 58.8. The minimum atomic E-state index is -3.77. The van der Waals surface area contributed by atoms with Crippen molar-refractivity contribution in [3.8, 4) is 5.75 Å². The second kappa shape index (κ2) is 8.24. The Bertz CT molecular complexity index is 964. The highest BCUT2D eigenvalue weighted by atomic mass is 32.2. The number of sulfonamides is 1. The topological polar surface area (TPSA) is 75.7 Å². The van der Waals surface area contributed by atoms with Gasteiger partial charge in [0.1, 0.15) is 17.4 Å². The number of nitrogens with one attached hydrogen (secondary N) is 1. The van der Waals surface area contributed by atoms with E-state index in [0.717, 1.165) is 12.1 Å². The second-order valence-electron chi connectivity index (χ2n) is 6.49. The number of benzene rings is 2. The third-order valence-corrected chi connectivity index (χ3v) is 6.52. The highest BCUT2D eigenvalue weighted by molar-refractivity contribution is 7.89. The van der Waals surface area contributed by atoms with Crippen LogP contribution in [0, 0.1) is 17.6 Å². The molecule has 0 unspecified atom stereocenters. The molecule has 2 aromatic carbocycles. The van der Waals surface area contributed by atoms with Gasteiger partial charge in [-0.3, -0.25) is 4.79 Å². The molecule has 1 aliphatic heterocycles. The first-order chi connectivity index (χ1) is 13.3. The average molecular weight is 410 g/mol. The molecule has 0 bridgehead atoms. The maximum Gasteiger partial charge on any atom is 0.243 e. The minimum absolute atomic E-state index is 0.0109. The Labute approximate surface area is 162 Å². The smallest absolute Gasteiger partial charge is 0.243 e. The van der Waals surface area contributed by atoms with Gasteiger partial charge in [0.2, 0.25) is 15.9 Å². The van der Waals surface area contributed by atoms with Crippen LogP contribution in [0.4, 0.5) is 14.5 Å². The first kappa shape index (κ1) is 20.2. The number of ether oxygens (including phenoxy) is 1. The predicted molar refractivity (Wildman–Crippen MR) is 99.5 cm³/mol. The maximum absolute atomic E-state index is 13.8. The standard InChI is InChI=1S/C19H20F2N2O4S/c1-27-15-5-7-16(8-6-15)28(25,26)23-10-2-3-13(12-23)19(24)22-18-9-4-14(20)11-17(18)21/h4-9,11,13H,2-3,10,12H2,1H3,(H,22,24)/t13-/m0/s1. The van der Waals surface area contributed by atoms with Gasteiger partial charge in [-0.25, -0.2) is 17.2 Å². The van der Waals surface area contributed by atoms with Crippen molar-refractivity contribution in [2.24, 2.45) is 5.92 Å². The van der Waals surface area contributed by atoms with Crippen LogP contribution in [0.5, 0.6) is 5.75 Å². The third-order valence-electron chi connectivity index (χ3n) is 4.64. The molecule has 1 atom stereocenters. The number of halogens is 2. The number of hydrogen-bond donors (Lipinski definition) is 1. The number of hydrogen-bond acceptors (Lipinski definition) is 4. The molecule has 150 valence electrons. The number of carbonyl (C=O) groups excluding carboxylic acids is 1. The zero-order valence-electron chi connectivity index (χ0n) is 15.2. The van der Waals surface area contributed by atoms with Gasteiger partial charge >= 0.3 is 0 Å². The van der Waals surface area contributed by atoms with Gasteiger partial charge in [0.05, 0.1) is 23.6 Å². The molecule has 0 aromatic heterocycles. The summed E-state index contributed by atoms with van der Waals surface area (Å²) in [6, 6.07) is 8.86. The predicted octanol–water partition coefficient (Wildman–Crippen LogP) is 3.01. The molecule has 1 heterocycles. The summed E-state index contributed by atoms with van der Waals surface area (Å²) >= 11 is 0. The van der Waals surface area contributed by atoms with E-state index in [1.165, 1.54) is 23.5 Å². The van der Waals surface area contributed by atoms with Gasteiger partial charge in [0.25, 0.3) is 0 Å². The lowest BCUT2D eigenvalue weighted by molar-refractivity contribution is -0.120. The van der Waals surface area contributed by atoms with Crippen LogP contribution in [0.1, 0.15) is 12.8 Å². The van der Waals surface area contributed by atoms with Crippen LogP contribution < -0.4 is 10.1 Å². The van der Waals surface area contributed by atoms with E-state index in [2.05, 4.69) is 5.32 Å². The fraction of sp³-hybridized carbons (Fsp3) is 0.316. The van der Waals surface area contributed by atoms with Crippen LogP contribution >= 0.6 is 0 Å². The monoisotopic (exact) mass is 410 g/mol. The van der Waals surface area contributed by atoms with Crippen LogP contribution in [0.25, 0.3) is 0 Å². The molecule has 0 aliphatic carbocycles. The summed E-state index contributed by atoms with van der Waals surface area (Å²) in [5.41, 5.74) is -0.137. The average Bonchev–Trinajstić information content (AvgIpc) is 2.70. The summed E-state index contributed by atoms with van der Waals surface area (Å²) in [6.07, 6.45) is 0.975. The van der Waals surface area contributed by atoms with E-state index in [9.17, 15) is 22.0 Å². The fourth-order valence-electron chi connectivity index (χ4n) is 3.10. The van der Waals surface area contributed by atoms with Gasteiger partial charge in [-0.1, -0.05) is 0 Å². The second-order valence-corrected chi connectivity index (χ2v) is 8.43. The van der Waals surface area contributed by atoms with Crippen LogP contribution in [0.3, 0.4) is 0 Å². The molecular weight excluding hydrogens is 390 g/mol. The van der Waals surface area contributed by atoms with E-state index in [0.29, 0.717) is 31.2 Å². The van der Waals surface area contributed by atoms with Crippen molar-refractivity contribution in [1.82, 2.24) is 4.31 Å². The Hall–Kier alpha value is -2.52. The van der Waals surface area contributed by atoms with Crippen molar-refractivity contribution < 1.29 is 26.7 Å². The molecule has 1 saturated heterocycles. The van der Waals surface area contributed by atoms with Gasteiger partial charge in [-0.2, -0.15) is 4.31 Å². The normalized spacial score (nSPS) is 17.9. The van der Waals surface area contributed by atoms with Crippen molar-refractivity contribution in [1.29, 1.82) is 0 Å². The van der Waals surface area contributed by atoms with E-state index in [4.69, 9.17) is 4.74 Å². The Morgan fingerprint density at radius 3 is 2.54 bits per heavy atom. The molecule has 3 rings (SSSR count). The molecule has 1 fully saturated rings. The van der Waals surface area contributed by atoms with Gasteiger partial charge in [-0.05, 0) is 49.2 Å². The number of anilines is 1. The molecule has 9 heteroatoms. The molecule has 0 spiro atoms. The first-order valence-corrected chi connectivity index (χ1v) is 10.2. The summed E-state index contributed by atoms with van der Waals surface area (Å²) in [6.45, 7) is 0.284. The zero-order valence-corrected chi connectivity index (χ0v) is 16.0. The molecule has 28 heavy (non-hydrogen) atoms. The number of piperidine rings is 1. The summed E-state index contributed by atoms with van der Waals surface area (Å²) in [7, 11) is -2.28. The van der Waals surface area contributed by atoms with E-state index in [-0.39, 0.29) is 17.1 Å². The summed E-state index contributed by atoms with van der Waals surface area (Å²) in [4.78, 5) is 12.6. The van der Waals surface area contributed by atoms with E-state index in [1.54, 1.807) is 12.1 Å². The molecule has 1 N–H and O–H groups in total. The number of carbonyl (C=O) groups is 1. The highest BCUT2D eigenvalue weighted by Gasteiger charge is 2.33. The minimum Gasteiger partial charge on any atom is -0.497 e. The zero-order chi connectivity index (χ0) is 20.3. The maximum atomic E-state index is 13.8.